The SMILES string of the molecule is COc1ccc(/C=C2/SC(N)=NC2=O)cc1O. The van der Waals surface area contributed by atoms with Crippen molar-refractivity contribution >= 4 is 28.9 Å². The molecule has 0 fully saturated rings. The molecule has 6 heteroatoms. The monoisotopic (exact) mass is 250 g/mol. The predicted octanol–water partition coefficient (Wildman–Crippen LogP) is 1.33. The fourth-order valence-electron chi connectivity index (χ4n) is 1.37. The number of methoxy groups -OCH3 is 1. The summed E-state index contributed by atoms with van der Waals surface area (Å²) in [4.78, 5) is 15.4. The van der Waals surface area contributed by atoms with Crippen molar-refractivity contribution in [3.05, 3.63) is 28.7 Å². The zero-order valence-electron chi connectivity index (χ0n) is 9.01. The highest BCUT2D eigenvalue weighted by Gasteiger charge is 2.19. The third-order valence-corrected chi connectivity index (χ3v) is 2.95. The summed E-state index contributed by atoms with van der Waals surface area (Å²) < 4.78 is 4.92. The number of aromatic hydroxyl groups is 1. The van der Waals surface area contributed by atoms with Gasteiger partial charge in [-0.15, -0.1) is 0 Å². The fourth-order valence-corrected chi connectivity index (χ4v) is 2.06. The fraction of sp³-hybridized carbons (Fsp3) is 0.0909. The first kappa shape index (κ1) is 11.5. The summed E-state index contributed by atoms with van der Waals surface area (Å²) in [6.45, 7) is 0. The van der Waals surface area contributed by atoms with Crippen LogP contribution in [0.2, 0.25) is 0 Å². The third-order valence-electron chi connectivity index (χ3n) is 2.14. The van der Waals surface area contributed by atoms with Gasteiger partial charge < -0.3 is 15.6 Å². The molecule has 0 spiro atoms. The van der Waals surface area contributed by atoms with Crippen molar-refractivity contribution in [2.45, 2.75) is 0 Å². The number of rotatable bonds is 2. The Labute approximate surface area is 102 Å². The van der Waals surface area contributed by atoms with E-state index >= 15 is 0 Å². The van der Waals surface area contributed by atoms with E-state index in [2.05, 4.69) is 4.99 Å². The Balaban J connectivity index is 2.28. The Morgan fingerprint density at radius 2 is 2.29 bits per heavy atom. The number of thioether (sulfide) groups is 1. The van der Waals surface area contributed by atoms with Crippen molar-refractivity contribution < 1.29 is 14.6 Å². The predicted molar refractivity (Wildman–Crippen MR) is 66.9 cm³/mol. The van der Waals surface area contributed by atoms with E-state index in [1.807, 2.05) is 0 Å². The van der Waals surface area contributed by atoms with Crippen LogP contribution in [-0.4, -0.2) is 23.3 Å². The van der Waals surface area contributed by atoms with Gasteiger partial charge in [0.2, 0.25) is 0 Å². The third kappa shape index (κ3) is 2.42. The molecular formula is C11H10N2O3S. The number of ether oxygens (including phenoxy) is 1. The van der Waals surface area contributed by atoms with Crippen LogP contribution in [0.5, 0.6) is 11.5 Å². The van der Waals surface area contributed by atoms with Crippen molar-refractivity contribution in [3.63, 3.8) is 0 Å². The first-order valence-electron chi connectivity index (χ1n) is 4.75. The number of amides is 1. The van der Waals surface area contributed by atoms with Gasteiger partial charge in [-0.25, -0.2) is 0 Å². The maximum Gasteiger partial charge on any atom is 0.286 e. The molecule has 0 bridgehead atoms. The van der Waals surface area contributed by atoms with E-state index in [-0.39, 0.29) is 16.8 Å². The summed E-state index contributed by atoms with van der Waals surface area (Å²) in [5, 5.41) is 9.82. The minimum absolute atomic E-state index is 0.0196. The molecule has 3 N–H and O–H groups in total. The maximum atomic E-state index is 11.4. The second-order valence-electron chi connectivity index (χ2n) is 3.30. The molecule has 1 aromatic carbocycles. The Hall–Kier alpha value is -1.95. The molecule has 1 aromatic rings. The largest absolute Gasteiger partial charge is 0.504 e. The highest BCUT2D eigenvalue weighted by atomic mass is 32.2. The lowest BCUT2D eigenvalue weighted by atomic mass is 10.2. The average molecular weight is 250 g/mol. The van der Waals surface area contributed by atoms with Gasteiger partial charge in [-0.2, -0.15) is 4.99 Å². The Morgan fingerprint density at radius 3 is 2.82 bits per heavy atom. The molecule has 0 atom stereocenters. The number of phenols is 1. The van der Waals surface area contributed by atoms with Gasteiger partial charge in [-0.3, -0.25) is 4.79 Å². The van der Waals surface area contributed by atoms with E-state index < -0.39 is 0 Å². The van der Waals surface area contributed by atoms with Crippen LogP contribution in [0.4, 0.5) is 0 Å². The van der Waals surface area contributed by atoms with Crippen LogP contribution in [0.25, 0.3) is 6.08 Å². The average Bonchev–Trinajstić information content (AvgIpc) is 2.58. The van der Waals surface area contributed by atoms with Crippen molar-refractivity contribution in [2.24, 2.45) is 10.7 Å². The standard InChI is InChI=1S/C11H10N2O3S/c1-16-8-3-2-6(4-7(8)14)5-9-10(15)13-11(12)17-9/h2-5,14H,1H3,(H2,12,13,15)/b9-5+. The van der Waals surface area contributed by atoms with Crippen LogP contribution in [0.3, 0.4) is 0 Å². The summed E-state index contributed by atoms with van der Waals surface area (Å²) >= 11 is 1.11. The number of nitrogens with two attached hydrogens (primary N) is 1. The number of phenolic OH excluding ortho intramolecular Hbond substituents is 1. The maximum absolute atomic E-state index is 11.4. The molecule has 0 aromatic heterocycles. The summed E-state index contributed by atoms with van der Waals surface area (Å²) in [5.41, 5.74) is 6.11. The lowest BCUT2D eigenvalue weighted by Crippen LogP contribution is -2.01. The number of hydrogen-bond acceptors (Lipinski definition) is 5. The molecule has 0 saturated carbocycles. The second-order valence-corrected chi connectivity index (χ2v) is 4.36. The lowest BCUT2D eigenvalue weighted by molar-refractivity contribution is -0.113. The molecule has 1 amide bonds. The van der Waals surface area contributed by atoms with Crippen LogP contribution >= 0.6 is 11.8 Å². The molecule has 1 aliphatic heterocycles. The smallest absolute Gasteiger partial charge is 0.286 e. The first-order chi connectivity index (χ1) is 8.10. The van der Waals surface area contributed by atoms with E-state index in [1.54, 1.807) is 18.2 Å². The number of amidine groups is 1. The Bertz CT molecular complexity index is 538. The first-order valence-corrected chi connectivity index (χ1v) is 5.57. The number of carbonyl (C=O) groups excluding carboxylic acids is 1. The zero-order chi connectivity index (χ0) is 12.4. The van der Waals surface area contributed by atoms with Crippen molar-refractivity contribution in [2.75, 3.05) is 7.11 Å². The van der Waals surface area contributed by atoms with Gasteiger partial charge in [0.25, 0.3) is 5.91 Å². The second kappa shape index (κ2) is 4.50. The normalized spacial score (nSPS) is 17.4. The summed E-state index contributed by atoms with van der Waals surface area (Å²) in [7, 11) is 1.47. The van der Waals surface area contributed by atoms with E-state index in [4.69, 9.17) is 10.5 Å². The lowest BCUT2D eigenvalue weighted by Gasteiger charge is -2.03. The van der Waals surface area contributed by atoms with Gasteiger partial charge in [-0.1, -0.05) is 6.07 Å². The number of nitrogens with zero attached hydrogens (tertiary/aromatic N) is 1. The molecular weight excluding hydrogens is 240 g/mol. The number of hydrogen-bond donors (Lipinski definition) is 2. The van der Waals surface area contributed by atoms with Crippen molar-refractivity contribution in [3.8, 4) is 11.5 Å². The van der Waals surface area contributed by atoms with E-state index in [0.717, 1.165) is 11.8 Å². The van der Waals surface area contributed by atoms with Crippen molar-refractivity contribution in [1.82, 2.24) is 0 Å². The molecule has 0 saturated heterocycles. The summed E-state index contributed by atoms with van der Waals surface area (Å²) in [6, 6.07) is 4.86. The number of aliphatic imine (C=N–C) groups is 1. The minimum atomic E-state index is -0.359. The molecule has 1 aliphatic rings. The molecule has 5 nitrogen and oxygen atoms in total. The Morgan fingerprint density at radius 1 is 1.53 bits per heavy atom. The van der Waals surface area contributed by atoms with Crippen LogP contribution in [0, 0.1) is 0 Å². The molecule has 2 rings (SSSR count). The highest BCUT2D eigenvalue weighted by Crippen LogP contribution is 2.30. The summed E-state index contributed by atoms with van der Waals surface area (Å²) in [5.74, 6) is 0.0438. The molecule has 0 unspecified atom stereocenters. The highest BCUT2D eigenvalue weighted by molar-refractivity contribution is 8.18. The van der Waals surface area contributed by atoms with E-state index in [1.165, 1.54) is 13.2 Å². The number of benzene rings is 1. The van der Waals surface area contributed by atoms with Crippen LogP contribution in [0.15, 0.2) is 28.1 Å². The van der Waals surface area contributed by atoms with E-state index in [0.29, 0.717) is 16.2 Å². The molecule has 88 valence electrons. The molecule has 17 heavy (non-hydrogen) atoms. The molecule has 0 aliphatic carbocycles. The van der Waals surface area contributed by atoms with E-state index in [9.17, 15) is 9.90 Å². The molecule has 1 heterocycles. The Kier molecular flexibility index (Phi) is 3.06. The van der Waals surface area contributed by atoms with Crippen molar-refractivity contribution in [1.29, 1.82) is 0 Å². The zero-order valence-corrected chi connectivity index (χ0v) is 9.82. The van der Waals surface area contributed by atoms with Gasteiger partial charge >= 0.3 is 0 Å². The van der Waals surface area contributed by atoms with Gasteiger partial charge in [0, 0.05) is 0 Å². The van der Waals surface area contributed by atoms with Crippen LogP contribution in [0.1, 0.15) is 5.56 Å². The van der Waals surface area contributed by atoms with Gasteiger partial charge in [0.15, 0.2) is 16.7 Å². The molecule has 0 radical (unpaired) electrons. The minimum Gasteiger partial charge on any atom is -0.504 e. The summed E-state index contributed by atoms with van der Waals surface area (Å²) in [6.07, 6.45) is 1.62. The van der Waals surface area contributed by atoms with Gasteiger partial charge in [0.1, 0.15) is 0 Å². The van der Waals surface area contributed by atoms with Crippen LogP contribution < -0.4 is 10.5 Å². The van der Waals surface area contributed by atoms with Crippen LogP contribution in [-0.2, 0) is 4.79 Å². The topological polar surface area (TPSA) is 84.9 Å². The number of carbonyl (C=O) groups is 1. The quantitative estimate of drug-likeness (QED) is 0.773. The van der Waals surface area contributed by atoms with Gasteiger partial charge in [-0.05, 0) is 35.5 Å². The van der Waals surface area contributed by atoms with Gasteiger partial charge in [0.05, 0.1) is 12.0 Å².